The maximum atomic E-state index is 12.9. The van der Waals surface area contributed by atoms with Crippen LogP contribution >= 0.6 is 11.3 Å². The van der Waals surface area contributed by atoms with Crippen LogP contribution in [0, 0.1) is 0 Å². The lowest BCUT2D eigenvalue weighted by Crippen LogP contribution is -2.30. The molecule has 7 nitrogen and oxygen atoms in total. The minimum Gasteiger partial charge on any atom is -0.361 e. The average molecular weight is 453 g/mol. The zero-order valence-corrected chi connectivity index (χ0v) is 18.3. The van der Waals surface area contributed by atoms with Crippen molar-refractivity contribution < 1.29 is 8.42 Å². The third kappa shape index (κ3) is 3.54. The summed E-state index contributed by atoms with van der Waals surface area (Å²) in [5.74, 6) is 0.578. The molecule has 0 amide bonds. The van der Waals surface area contributed by atoms with Gasteiger partial charge in [0.25, 0.3) is 5.56 Å². The molecule has 0 aliphatic carbocycles. The van der Waals surface area contributed by atoms with Gasteiger partial charge in [-0.25, -0.2) is 18.5 Å². The number of hydrogen-bond acceptors (Lipinski definition) is 6. The first-order chi connectivity index (χ1) is 14.8. The fourth-order valence-electron chi connectivity index (χ4n) is 4.15. The van der Waals surface area contributed by atoms with Gasteiger partial charge in [-0.15, -0.1) is 11.3 Å². The fourth-order valence-corrected chi connectivity index (χ4v) is 5.68. The van der Waals surface area contributed by atoms with E-state index in [1.807, 2.05) is 35.7 Å². The van der Waals surface area contributed by atoms with Crippen molar-refractivity contribution in [2.75, 3.05) is 4.90 Å². The number of aromatic amines is 1. The van der Waals surface area contributed by atoms with E-state index in [1.165, 1.54) is 17.4 Å². The summed E-state index contributed by atoms with van der Waals surface area (Å²) >= 11 is 1.46. The van der Waals surface area contributed by atoms with Crippen LogP contribution in [0.25, 0.3) is 21.3 Å². The molecule has 5 rings (SSSR count). The molecule has 1 aliphatic heterocycles. The summed E-state index contributed by atoms with van der Waals surface area (Å²) in [6.45, 7) is 2.48. The first-order valence-electron chi connectivity index (χ1n) is 9.79. The third-order valence-electron chi connectivity index (χ3n) is 5.63. The summed E-state index contributed by atoms with van der Waals surface area (Å²) in [4.78, 5) is 23.5. The van der Waals surface area contributed by atoms with E-state index in [4.69, 9.17) is 10.1 Å². The predicted octanol–water partition coefficient (Wildman–Crippen LogP) is 3.25. The van der Waals surface area contributed by atoms with Gasteiger partial charge in [0, 0.05) is 22.7 Å². The van der Waals surface area contributed by atoms with Gasteiger partial charge in [-0.1, -0.05) is 30.3 Å². The highest BCUT2D eigenvalue weighted by atomic mass is 32.2. The van der Waals surface area contributed by atoms with Gasteiger partial charge >= 0.3 is 0 Å². The van der Waals surface area contributed by atoms with Crippen molar-refractivity contribution in [3.8, 4) is 11.1 Å². The van der Waals surface area contributed by atoms with E-state index in [9.17, 15) is 13.2 Å². The van der Waals surface area contributed by atoms with E-state index in [2.05, 4.69) is 16.8 Å². The molecule has 0 radical (unpaired) electrons. The zero-order chi connectivity index (χ0) is 21.8. The summed E-state index contributed by atoms with van der Waals surface area (Å²) in [5.41, 5.74) is 3.57. The Morgan fingerprint density at radius 2 is 2.00 bits per heavy atom. The number of aromatic nitrogens is 2. The molecule has 0 unspecified atom stereocenters. The molecule has 2 aromatic heterocycles. The van der Waals surface area contributed by atoms with E-state index in [-0.39, 0.29) is 16.5 Å². The SMILES string of the molecule is C[C@@H]1Cc2cc(S(N)(=O)=O)ccc2N1Cc1nc2scc(-c3ccccc3)c2c(=O)[nH]1. The Hall–Kier alpha value is -3.01. The van der Waals surface area contributed by atoms with Gasteiger partial charge in [0.1, 0.15) is 10.7 Å². The number of hydrogen-bond donors (Lipinski definition) is 2. The molecule has 3 N–H and O–H groups in total. The Morgan fingerprint density at radius 3 is 2.74 bits per heavy atom. The number of fused-ring (bicyclic) bond motifs is 2. The molecule has 0 saturated heterocycles. The van der Waals surface area contributed by atoms with Gasteiger partial charge < -0.3 is 9.88 Å². The molecule has 2 aromatic carbocycles. The number of nitrogens with zero attached hydrogens (tertiary/aromatic N) is 2. The van der Waals surface area contributed by atoms with Crippen molar-refractivity contribution in [2.24, 2.45) is 5.14 Å². The molecule has 9 heteroatoms. The van der Waals surface area contributed by atoms with E-state index < -0.39 is 10.0 Å². The number of sulfonamides is 1. The van der Waals surface area contributed by atoms with E-state index in [1.54, 1.807) is 12.1 Å². The van der Waals surface area contributed by atoms with Crippen molar-refractivity contribution in [1.82, 2.24) is 9.97 Å². The number of rotatable bonds is 4. The van der Waals surface area contributed by atoms with E-state index >= 15 is 0 Å². The molecule has 0 fully saturated rings. The lowest BCUT2D eigenvalue weighted by molar-refractivity contribution is 0.597. The van der Waals surface area contributed by atoms with Crippen LogP contribution in [0.4, 0.5) is 5.69 Å². The van der Waals surface area contributed by atoms with Crippen LogP contribution in [0.3, 0.4) is 0 Å². The van der Waals surface area contributed by atoms with E-state index in [0.29, 0.717) is 29.0 Å². The van der Waals surface area contributed by atoms with Crippen LogP contribution in [0.2, 0.25) is 0 Å². The lowest BCUT2D eigenvalue weighted by Gasteiger charge is -2.24. The molecule has 31 heavy (non-hydrogen) atoms. The Kier molecular flexibility index (Phi) is 4.69. The number of H-pyrrole nitrogens is 1. The molecular formula is C22H20N4O3S2. The summed E-state index contributed by atoms with van der Waals surface area (Å²) in [5, 5.41) is 7.84. The van der Waals surface area contributed by atoms with Crippen LogP contribution < -0.4 is 15.6 Å². The Balaban J connectivity index is 1.50. The highest BCUT2D eigenvalue weighted by Crippen LogP contribution is 2.35. The molecule has 0 spiro atoms. The Bertz CT molecular complexity index is 1460. The summed E-state index contributed by atoms with van der Waals surface area (Å²) in [7, 11) is -3.75. The monoisotopic (exact) mass is 452 g/mol. The van der Waals surface area contributed by atoms with Gasteiger partial charge in [0.05, 0.1) is 16.8 Å². The first-order valence-corrected chi connectivity index (χ1v) is 12.2. The van der Waals surface area contributed by atoms with Crippen molar-refractivity contribution in [2.45, 2.75) is 30.8 Å². The van der Waals surface area contributed by atoms with Gasteiger partial charge in [0.2, 0.25) is 10.0 Å². The van der Waals surface area contributed by atoms with Crippen molar-refractivity contribution in [3.63, 3.8) is 0 Å². The van der Waals surface area contributed by atoms with Gasteiger partial charge in [-0.3, -0.25) is 4.79 Å². The number of thiophene rings is 1. The predicted molar refractivity (Wildman–Crippen MR) is 123 cm³/mol. The second-order valence-electron chi connectivity index (χ2n) is 7.72. The van der Waals surface area contributed by atoms with Crippen molar-refractivity contribution in [3.05, 3.63) is 75.7 Å². The highest BCUT2D eigenvalue weighted by molar-refractivity contribution is 7.89. The molecule has 4 aromatic rings. The minimum absolute atomic E-state index is 0.111. The van der Waals surface area contributed by atoms with Crippen molar-refractivity contribution in [1.29, 1.82) is 0 Å². The van der Waals surface area contributed by atoms with Crippen LogP contribution in [-0.2, 0) is 23.0 Å². The topological polar surface area (TPSA) is 109 Å². The molecular weight excluding hydrogens is 432 g/mol. The fraction of sp³-hybridized carbons (Fsp3) is 0.182. The number of nitrogens with two attached hydrogens (primary N) is 1. The van der Waals surface area contributed by atoms with Gasteiger partial charge in [-0.05, 0) is 42.7 Å². The maximum Gasteiger partial charge on any atom is 0.260 e. The van der Waals surface area contributed by atoms with Crippen LogP contribution in [0.15, 0.2) is 63.6 Å². The standard InChI is InChI=1S/C22H20N4O3S2/c1-13-9-15-10-16(31(23,28)29)7-8-18(15)26(13)11-19-24-21(27)20-17(12-30-22(20)25-19)14-5-3-2-4-6-14/h2-8,10,12-13H,9,11H2,1H3,(H2,23,28,29)(H,24,25,27)/t13-/m1/s1. The Morgan fingerprint density at radius 1 is 1.23 bits per heavy atom. The van der Waals surface area contributed by atoms with E-state index in [0.717, 1.165) is 22.4 Å². The smallest absolute Gasteiger partial charge is 0.260 e. The zero-order valence-electron chi connectivity index (χ0n) is 16.7. The molecule has 1 aliphatic rings. The molecule has 158 valence electrons. The molecule has 0 saturated carbocycles. The number of anilines is 1. The number of benzene rings is 2. The lowest BCUT2D eigenvalue weighted by atomic mass is 10.1. The Labute approximate surface area is 183 Å². The second kappa shape index (κ2) is 7.30. The summed E-state index contributed by atoms with van der Waals surface area (Å²) in [6.07, 6.45) is 0.697. The quantitative estimate of drug-likeness (QED) is 0.494. The van der Waals surface area contributed by atoms with Gasteiger partial charge in [-0.2, -0.15) is 0 Å². The first kappa shape index (κ1) is 19.9. The third-order valence-corrected chi connectivity index (χ3v) is 7.42. The maximum absolute atomic E-state index is 12.9. The molecule has 3 heterocycles. The number of primary sulfonamides is 1. The van der Waals surface area contributed by atoms with Crippen LogP contribution in [0.1, 0.15) is 18.3 Å². The second-order valence-corrected chi connectivity index (χ2v) is 10.1. The van der Waals surface area contributed by atoms with Gasteiger partial charge in [0.15, 0.2) is 0 Å². The van der Waals surface area contributed by atoms with Crippen LogP contribution in [0.5, 0.6) is 0 Å². The van der Waals surface area contributed by atoms with Crippen molar-refractivity contribution >= 4 is 37.3 Å². The average Bonchev–Trinajstić information content (AvgIpc) is 3.29. The largest absolute Gasteiger partial charge is 0.361 e. The normalized spacial score (nSPS) is 16.1. The number of nitrogens with one attached hydrogen (secondary N) is 1. The summed E-state index contributed by atoms with van der Waals surface area (Å²) in [6, 6.07) is 14.9. The molecule has 0 bridgehead atoms. The minimum atomic E-state index is -3.75. The van der Waals surface area contributed by atoms with Crippen LogP contribution in [-0.4, -0.2) is 24.4 Å². The molecule has 1 atom stereocenters. The highest BCUT2D eigenvalue weighted by Gasteiger charge is 2.28. The summed E-state index contributed by atoms with van der Waals surface area (Å²) < 4.78 is 23.3.